The fourth-order valence-corrected chi connectivity index (χ4v) is 6.26. The van der Waals surface area contributed by atoms with Crippen molar-refractivity contribution in [2.45, 2.75) is 58.9 Å². The van der Waals surface area contributed by atoms with Gasteiger partial charge in [0.05, 0.1) is 0 Å². The minimum atomic E-state index is -0.123. The van der Waals surface area contributed by atoms with E-state index in [1.54, 1.807) is 12.3 Å². The number of hydrogen-bond acceptors (Lipinski definition) is 6. The number of carbonyl (C=O) groups excluding carboxylic acids is 1. The highest BCUT2D eigenvalue weighted by atomic mass is 16.5. The largest absolute Gasteiger partial charge is 0.492 e. The van der Waals surface area contributed by atoms with Gasteiger partial charge in [0.25, 0.3) is 5.91 Å². The highest BCUT2D eigenvalue weighted by Crippen LogP contribution is 2.65. The van der Waals surface area contributed by atoms with Crippen LogP contribution in [-0.4, -0.2) is 53.1 Å². The third-order valence-corrected chi connectivity index (χ3v) is 8.97. The van der Waals surface area contributed by atoms with Crippen LogP contribution in [0.4, 0.5) is 11.6 Å². The molecular weight excluding hydrogens is 426 g/mol. The van der Waals surface area contributed by atoms with E-state index in [2.05, 4.69) is 46.3 Å². The number of benzene rings is 1. The first kappa shape index (κ1) is 23.1. The summed E-state index contributed by atoms with van der Waals surface area (Å²) in [6.45, 7) is 11.1. The molecule has 2 aromatic rings. The van der Waals surface area contributed by atoms with Crippen molar-refractivity contribution in [1.82, 2.24) is 20.2 Å². The summed E-state index contributed by atoms with van der Waals surface area (Å²) in [5, 5.41) is 6.49. The number of hydrogen-bond donors (Lipinski definition) is 2. The van der Waals surface area contributed by atoms with Crippen LogP contribution in [0.1, 0.15) is 63.4 Å². The molecule has 1 saturated heterocycles. The quantitative estimate of drug-likeness (QED) is 0.594. The van der Waals surface area contributed by atoms with Crippen LogP contribution in [0, 0.1) is 16.7 Å². The zero-order chi connectivity index (χ0) is 23.8. The van der Waals surface area contributed by atoms with Crippen molar-refractivity contribution in [3.8, 4) is 5.75 Å². The van der Waals surface area contributed by atoms with E-state index in [1.807, 2.05) is 24.3 Å². The molecule has 182 valence electrons. The van der Waals surface area contributed by atoms with Crippen molar-refractivity contribution in [3.05, 3.63) is 42.2 Å². The average molecular weight is 464 g/mol. The number of likely N-dealkylation sites (tertiary alicyclic amines) is 1. The van der Waals surface area contributed by atoms with E-state index in [9.17, 15) is 4.79 Å². The van der Waals surface area contributed by atoms with E-state index in [-0.39, 0.29) is 22.8 Å². The summed E-state index contributed by atoms with van der Waals surface area (Å²) in [7, 11) is 0. The van der Waals surface area contributed by atoms with Crippen molar-refractivity contribution in [2.24, 2.45) is 16.7 Å². The van der Waals surface area contributed by atoms with Crippen LogP contribution in [0.3, 0.4) is 0 Å². The molecule has 2 aliphatic carbocycles. The Morgan fingerprint density at radius 1 is 1.15 bits per heavy atom. The summed E-state index contributed by atoms with van der Waals surface area (Å²) < 4.78 is 5.88. The van der Waals surface area contributed by atoms with E-state index < -0.39 is 0 Å². The number of aromatic nitrogens is 2. The predicted molar refractivity (Wildman–Crippen MR) is 133 cm³/mol. The summed E-state index contributed by atoms with van der Waals surface area (Å²) in [6.07, 6.45) is 7.71. The van der Waals surface area contributed by atoms with E-state index in [0.29, 0.717) is 24.2 Å². The van der Waals surface area contributed by atoms with Gasteiger partial charge in [-0.15, -0.1) is 0 Å². The summed E-state index contributed by atoms with van der Waals surface area (Å²) in [6, 6.07) is 9.65. The second kappa shape index (κ2) is 9.17. The van der Waals surface area contributed by atoms with Crippen LogP contribution >= 0.6 is 0 Å². The lowest BCUT2D eigenvalue weighted by atomic mass is 9.69. The Balaban J connectivity index is 1.16. The van der Waals surface area contributed by atoms with E-state index >= 15 is 0 Å². The second-order valence-corrected chi connectivity index (χ2v) is 10.9. The van der Waals surface area contributed by atoms with Crippen molar-refractivity contribution in [2.75, 3.05) is 31.6 Å². The molecule has 7 heteroatoms. The molecule has 7 nitrogen and oxygen atoms in total. The summed E-state index contributed by atoms with van der Waals surface area (Å²) in [5.74, 6) is 1.82. The van der Waals surface area contributed by atoms with Gasteiger partial charge in [0, 0.05) is 24.5 Å². The topological polar surface area (TPSA) is 79.4 Å². The Labute approximate surface area is 202 Å². The fraction of sp³-hybridized carbons (Fsp3) is 0.593. The van der Waals surface area contributed by atoms with Gasteiger partial charge in [-0.2, -0.15) is 0 Å². The zero-order valence-electron chi connectivity index (χ0n) is 20.6. The monoisotopic (exact) mass is 463 g/mol. The highest BCUT2D eigenvalue weighted by molar-refractivity contribution is 5.92. The van der Waals surface area contributed by atoms with Gasteiger partial charge in [0.1, 0.15) is 18.1 Å². The SMILES string of the molecule is CC1(C)C2CCC1(C)C(NC(=O)c1ccnc(Nc3ccc(OCCN4CCCC4)cc3)n1)C2. The normalized spacial score (nSPS) is 27.6. The Morgan fingerprint density at radius 2 is 1.91 bits per heavy atom. The molecule has 0 spiro atoms. The number of fused-ring (bicyclic) bond motifs is 2. The first-order valence-corrected chi connectivity index (χ1v) is 12.7. The molecule has 2 heterocycles. The van der Waals surface area contributed by atoms with Crippen LogP contribution in [-0.2, 0) is 0 Å². The number of anilines is 2. The first-order valence-electron chi connectivity index (χ1n) is 12.7. The number of ether oxygens (including phenoxy) is 1. The minimum absolute atomic E-state index is 0.123. The molecule has 2 saturated carbocycles. The van der Waals surface area contributed by atoms with Gasteiger partial charge in [-0.05, 0) is 92.3 Å². The molecule has 2 bridgehead atoms. The van der Waals surface area contributed by atoms with Crippen molar-refractivity contribution < 1.29 is 9.53 Å². The van der Waals surface area contributed by atoms with E-state index in [4.69, 9.17) is 4.74 Å². The van der Waals surface area contributed by atoms with Gasteiger partial charge in [-0.25, -0.2) is 9.97 Å². The van der Waals surface area contributed by atoms with Crippen LogP contribution in [0.15, 0.2) is 36.5 Å². The Bertz CT molecular complexity index is 1020. The maximum atomic E-state index is 13.0. The molecule has 1 amide bonds. The predicted octanol–water partition coefficient (Wildman–Crippen LogP) is 4.64. The van der Waals surface area contributed by atoms with Crippen molar-refractivity contribution >= 4 is 17.5 Å². The highest BCUT2D eigenvalue weighted by Gasteiger charge is 2.61. The summed E-state index contributed by atoms with van der Waals surface area (Å²) >= 11 is 0. The zero-order valence-corrected chi connectivity index (χ0v) is 20.6. The van der Waals surface area contributed by atoms with Crippen LogP contribution < -0.4 is 15.4 Å². The standard InChI is InChI=1S/C27H37N5O2/c1-26(2)19-10-12-27(26,3)23(18-19)31-24(33)22-11-13-28-25(30-22)29-20-6-8-21(9-7-20)34-17-16-32-14-4-5-15-32/h6-9,11,13,19,23H,4-5,10,12,14-18H2,1-3H3,(H,31,33)(H,28,29,30). The minimum Gasteiger partial charge on any atom is -0.492 e. The van der Waals surface area contributed by atoms with Gasteiger partial charge in [-0.1, -0.05) is 20.8 Å². The number of carbonyl (C=O) groups is 1. The van der Waals surface area contributed by atoms with Gasteiger partial charge in [-0.3, -0.25) is 9.69 Å². The number of nitrogens with one attached hydrogen (secondary N) is 2. The Hall–Kier alpha value is -2.67. The maximum Gasteiger partial charge on any atom is 0.270 e. The summed E-state index contributed by atoms with van der Waals surface area (Å²) in [4.78, 5) is 24.2. The molecular formula is C27H37N5O2. The number of rotatable bonds is 8. The summed E-state index contributed by atoms with van der Waals surface area (Å²) in [5.41, 5.74) is 1.64. The van der Waals surface area contributed by atoms with Gasteiger partial charge < -0.3 is 15.4 Å². The van der Waals surface area contributed by atoms with Crippen LogP contribution in [0.5, 0.6) is 5.75 Å². The van der Waals surface area contributed by atoms with Crippen LogP contribution in [0.2, 0.25) is 0 Å². The molecule has 3 fully saturated rings. The molecule has 1 aromatic heterocycles. The molecule has 34 heavy (non-hydrogen) atoms. The Morgan fingerprint density at radius 3 is 2.59 bits per heavy atom. The first-order chi connectivity index (χ1) is 16.3. The Kier molecular flexibility index (Phi) is 6.23. The lowest BCUT2D eigenvalue weighted by Gasteiger charge is -2.39. The molecule has 5 rings (SSSR count). The van der Waals surface area contributed by atoms with Gasteiger partial charge >= 0.3 is 0 Å². The van der Waals surface area contributed by atoms with Gasteiger partial charge in [0.15, 0.2) is 0 Å². The van der Waals surface area contributed by atoms with Crippen molar-refractivity contribution in [3.63, 3.8) is 0 Å². The van der Waals surface area contributed by atoms with Gasteiger partial charge in [0.2, 0.25) is 5.95 Å². The smallest absolute Gasteiger partial charge is 0.270 e. The molecule has 3 aliphatic rings. The fourth-order valence-electron chi connectivity index (χ4n) is 6.26. The number of nitrogens with zero attached hydrogens (tertiary/aromatic N) is 3. The lowest BCUT2D eigenvalue weighted by molar-refractivity contribution is 0.0821. The maximum absolute atomic E-state index is 13.0. The molecule has 2 N–H and O–H groups in total. The van der Waals surface area contributed by atoms with Crippen molar-refractivity contribution in [1.29, 1.82) is 0 Å². The molecule has 3 unspecified atom stereocenters. The second-order valence-electron chi connectivity index (χ2n) is 10.9. The molecule has 1 aromatic carbocycles. The molecule has 1 aliphatic heterocycles. The molecule has 3 atom stereocenters. The van der Waals surface area contributed by atoms with Crippen LogP contribution in [0.25, 0.3) is 0 Å². The molecule has 0 radical (unpaired) electrons. The third-order valence-electron chi connectivity index (χ3n) is 8.97. The van der Waals surface area contributed by atoms with E-state index in [1.165, 1.54) is 38.8 Å². The van der Waals surface area contributed by atoms with E-state index in [0.717, 1.165) is 24.4 Å². The average Bonchev–Trinajstić information content (AvgIpc) is 3.47. The lowest BCUT2D eigenvalue weighted by Crippen LogP contribution is -2.47. The third kappa shape index (κ3) is 4.38. The number of amides is 1.